The van der Waals surface area contributed by atoms with E-state index in [9.17, 15) is 13.2 Å². The zero-order chi connectivity index (χ0) is 24.1. The minimum atomic E-state index is -0.927. The fourth-order valence-electron chi connectivity index (χ4n) is 3.65. The first-order valence-corrected chi connectivity index (χ1v) is 11.1. The number of aryl methyl sites for hydroxylation is 1. The maximum Gasteiger partial charge on any atom is 0.167 e. The number of hydrogen-bond donors (Lipinski definition) is 0. The summed E-state index contributed by atoms with van der Waals surface area (Å²) in [7, 11) is 0. The highest BCUT2D eigenvalue weighted by Gasteiger charge is 2.15. The second-order valence-corrected chi connectivity index (χ2v) is 8.03. The predicted molar refractivity (Wildman–Crippen MR) is 128 cm³/mol. The van der Waals surface area contributed by atoms with Gasteiger partial charge < -0.3 is 9.47 Å². The van der Waals surface area contributed by atoms with Crippen LogP contribution in [0, 0.1) is 24.4 Å². The molecular weight excluding hydrogens is 437 g/mol. The van der Waals surface area contributed by atoms with E-state index in [1.54, 1.807) is 48.5 Å². The molecule has 0 spiro atoms. The van der Waals surface area contributed by atoms with Crippen LogP contribution in [0.15, 0.2) is 78.9 Å². The van der Waals surface area contributed by atoms with E-state index in [1.165, 1.54) is 12.1 Å². The molecule has 0 radical (unpaired) electrons. The molecule has 0 aliphatic heterocycles. The molecule has 4 rings (SSSR count). The molecule has 0 amide bonds. The molecule has 0 bridgehead atoms. The molecule has 4 aromatic carbocycles. The van der Waals surface area contributed by atoms with Crippen molar-refractivity contribution in [3.63, 3.8) is 0 Å². The van der Waals surface area contributed by atoms with Crippen LogP contribution in [0.25, 0.3) is 22.3 Å². The van der Waals surface area contributed by atoms with Crippen LogP contribution in [0.4, 0.5) is 13.2 Å². The number of rotatable bonds is 8. The summed E-state index contributed by atoms with van der Waals surface area (Å²) in [6.45, 7) is 4.63. The third kappa shape index (κ3) is 5.32. The lowest BCUT2D eigenvalue weighted by Gasteiger charge is -2.11. The summed E-state index contributed by atoms with van der Waals surface area (Å²) in [5, 5.41) is 0. The van der Waals surface area contributed by atoms with E-state index in [0.717, 1.165) is 11.1 Å². The molecule has 4 aromatic rings. The SMILES string of the molecule is CCOCc1ccc(-c2ccc(OCc3ccc(-c4ccc(C)cc4)c(F)c3F)cc2)c(F)c1. The first-order chi connectivity index (χ1) is 16.5. The van der Waals surface area contributed by atoms with Crippen molar-refractivity contribution in [2.75, 3.05) is 6.61 Å². The number of halogens is 3. The average Bonchev–Trinajstić information content (AvgIpc) is 2.85. The van der Waals surface area contributed by atoms with E-state index in [2.05, 4.69) is 0 Å². The molecule has 0 heterocycles. The summed E-state index contributed by atoms with van der Waals surface area (Å²) in [5.74, 6) is -1.69. The fourth-order valence-corrected chi connectivity index (χ4v) is 3.65. The first kappa shape index (κ1) is 23.6. The second kappa shape index (κ2) is 10.6. The van der Waals surface area contributed by atoms with Crippen LogP contribution in [0.3, 0.4) is 0 Å². The Hall–Kier alpha value is -3.57. The Labute approximate surface area is 197 Å². The molecule has 2 nitrogen and oxygen atoms in total. The molecule has 0 saturated heterocycles. The summed E-state index contributed by atoms with van der Waals surface area (Å²) in [4.78, 5) is 0. The van der Waals surface area contributed by atoms with E-state index < -0.39 is 11.6 Å². The quantitative estimate of drug-likeness (QED) is 0.265. The third-order valence-electron chi connectivity index (χ3n) is 5.59. The summed E-state index contributed by atoms with van der Waals surface area (Å²) in [5.41, 5.74) is 3.91. The van der Waals surface area contributed by atoms with Gasteiger partial charge in [0.05, 0.1) is 6.61 Å². The molecule has 34 heavy (non-hydrogen) atoms. The molecule has 0 unspecified atom stereocenters. The van der Waals surface area contributed by atoms with Gasteiger partial charge in [-0.2, -0.15) is 0 Å². The molecule has 0 aliphatic carbocycles. The summed E-state index contributed by atoms with van der Waals surface area (Å²) in [6, 6.07) is 22.2. The number of benzene rings is 4. The van der Waals surface area contributed by atoms with Crippen molar-refractivity contribution >= 4 is 0 Å². The maximum absolute atomic E-state index is 14.7. The Balaban J connectivity index is 1.44. The Bertz CT molecular complexity index is 1270. The lowest BCUT2D eigenvalue weighted by atomic mass is 10.0. The van der Waals surface area contributed by atoms with Crippen LogP contribution in [-0.2, 0) is 18.0 Å². The molecule has 0 aromatic heterocycles. The van der Waals surface area contributed by atoms with Gasteiger partial charge in [-0.15, -0.1) is 0 Å². The molecule has 0 aliphatic rings. The van der Waals surface area contributed by atoms with E-state index in [1.807, 2.05) is 32.0 Å². The van der Waals surface area contributed by atoms with Gasteiger partial charge in [-0.25, -0.2) is 13.2 Å². The van der Waals surface area contributed by atoms with Crippen LogP contribution in [-0.4, -0.2) is 6.61 Å². The van der Waals surface area contributed by atoms with Crippen LogP contribution >= 0.6 is 0 Å². The fraction of sp³-hybridized carbons (Fsp3) is 0.172. The van der Waals surface area contributed by atoms with Crippen molar-refractivity contribution < 1.29 is 22.6 Å². The summed E-state index contributed by atoms with van der Waals surface area (Å²) >= 11 is 0. The maximum atomic E-state index is 14.7. The Morgan fingerprint density at radius 1 is 0.676 bits per heavy atom. The van der Waals surface area contributed by atoms with Crippen LogP contribution < -0.4 is 4.74 Å². The largest absolute Gasteiger partial charge is 0.489 e. The van der Waals surface area contributed by atoms with Crippen molar-refractivity contribution in [2.24, 2.45) is 0 Å². The van der Waals surface area contributed by atoms with Gasteiger partial charge in [0.15, 0.2) is 11.6 Å². The minimum absolute atomic E-state index is 0.119. The Kier molecular flexibility index (Phi) is 7.33. The van der Waals surface area contributed by atoms with E-state index >= 15 is 0 Å². The van der Waals surface area contributed by atoms with Gasteiger partial charge in [-0.3, -0.25) is 0 Å². The average molecular weight is 463 g/mol. The van der Waals surface area contributed by atoms with Crippen LogP contribution in [0.1, 0.15) is 23.6 Å². The monoisotopic (exact) mass is 462 g/mol. The van der Waals surface area contributed by atoms with E-state index in [0.29, 0.717) is 35.7 Å². The van der Waals surface area contributed by atoms with Gasteiger partial charge in [0, 0.05) is 23.3 Å². The lowest BCUT2D eigenvalue weighted by Crippen LogP contribution is -2.02. The van der Waals surface area contributed by atoms with E-state index in [4.69, 9.17) is 9.47 Å². The van der Waals surface area contributed by atoms with Crippen molar-refractivity contribution in [3.8, 4) is 28.0 Å². The molecule has 0 saturated carbocycles. The predicted octanol–water partition coefficient (Wildman–Crippen LogP) is 7.86. The highest BCUT2D eigenvalue weighted by molar-refractivity contribution is 5.66. The standard InChI is InChI=1S/C29H25F3O2/c1-3-33-17-20-6-14-25(27(30)16-20)21-9-12-24(13-10-21)34-18-23-11-15-26(29(32)28(23)31)22-7-4-19(2)5-8-22/h4-16H,3,17-18H2,1-2H3. The van der Waals surface area contributed by atoms with Gasteiger partial charge in [0.1, 0.15) is 18.2 Å². The molecule has 0 N–H and O–H groups in total. The minimum Gasteiger partial charge on any atom is -0.489 e. The van der Waals surface area contributed by atoms with E-state index in [-0.39, 0.29) is 23.6 Å². The third-order valence-corrected chi connectivity index (χ3v) is 5.59. The van der Waals surface area contributed by atoms with Gasteiger partial charge in [0.25, 0.3) is 0 Å². The van der Waals surface area contributed by atoms with Gasteiger partial charge in [0.2, 0.25) is 0 Å². The summed E-state index contributed by atoms with van der Waals surface area (Å²) in [6.07, 6.45) is 0. The van der Waals surface area contributed by atoms with Crippen LogP contribution in [0.5, 0.6) is 5.75 Å². The van der Waals surface area contributed by atoms with Crippen molar-refractivity contribution in [1.82, 2.24) is 0 Å². The van der Waals surface area contributed by atoms with Crippen molar-refractivity contribution in [2.45, 2.75) is 27.1 Å². The number of ether oxygens (including phenoxy) is 2. The Morgan fingerprint density at radius 2 is 1.32 bits per heavy atom. The van der Waals surface area contributed by atoms with Crippen LogP contribution in [0.2, 0.25) is 0 Å². The molecule has 174 valence electrons. The van der Waals surface area contributed by atoms with Crippen molar-refractivity contribution in [3.05, 3.63) is 113 Å². The summed E-state index contributed by atoms with van der Waals surface area (Å²) < 4.78 is 54.8. The highest BCUT2D eigenvalue weighted by atomic mass is 19.2. The van der Waals surface area contributed by atoms with Gasteiger partial charge >= 0.3 is 0 Å². The zero-order valence-corrected chi connectivity index (χ0v) is 19.1. The zero-order valence-electron chi connectivity index (χ0n) is 19.1. The number of hydrogen-bond acceptors (Lipinski definition) is 2. The highest BCUT2D eigenvalue weighted by Crippen LogP contribution is 2.29. The molecule has 0 atom stereocenters. The lowest BCUT2D eigenvalue weighted by molar-refractivity contribution is 0.134. The second-order valence-electron chi connectivity index (χ2n) is 8.03. The molecular formula is C29H25F3O2. The normalized spacial score (nSPS) is 11.0. The van der Waals surface area contributed by atoms with Gasteiger partial charge in [-0.1, -0.05) is 66.2 Å². The molecule has 0 fully saturated rings. The van der Waals surface area contributed by atoms with Crippen molar-refractivity contribution in [1.29, 1.82) is 0 Å². The topological polar surface area (TPSA) is 18.5 Å². The van der Waals surface area contributed by atoms with Gasteiger partial charge in [-0.05, 0) is 48.7 Å². The first-order valence-electron chi connectivity index (χ1n) is 11.1. The molecule has 5 heteroatoms. The Morgan fingerprint density at radius 3 is 2.00 bits per heavy atom. The smallest absolute Gasteiger partial charge is 0.167 e.